The number of carbonyl (C=O) groups is 1. The minimum Gasteiger partial charge on any atom is -0.377 e. The van der Waals surface area contributed by atoms with E-state index in [9.17, 15) is 4.79 Å². The molecule has 1 atom stereocenters. The molecule has 76 valence electrons. The van der Waals surface area contributed by atoms with E-state index < -0.39 is 0 Å². The normalized spacial score (nSPS) is 23.6. The van der Waals surface area contributed by atoms with Crippen molar-refractivity contribution >= 4 is 6.03 Å². The van der Waals surface area contributed by atoms with Gasteiger partial charge in [0.25, 0.3) is 0 Å². The van der Waals surface area contributed by atoms with Crippen molar-refractivity contribution in [3.8, 4) is 0 Å². The third-order valence-electron chi connectivity index (χ3n) is 2.86. The number of nitrogens with two attached hydrogens (primary N) is 1. The van der Waals surface area contributed by atoms with Gasteiger partial charge in [0.1, 0.15) is 0 Å². The smallest absolute Gasteiger partial charge is 0.315 e. The summed E-state index contributed by atoms with van der Waals surface area (Å²) in [7, 11) is 1.66. The summed E-state index contributed by atoms with van der Waals surface area (Å²) < 4.78 is 5.35. The van der Waals surface area contributed by atoms with E-state index in [1.54, 1.807) is 12.0 Å². The van der Waals surface area contributed by atoms with Gasteiger partial charge in [-0.25, -0.2) is 4.79 Å². The number of primary amides is 1. The lowest BCUT2D eigenvalue weighted by molar-refractivity contribution is -0.0294. The zero-order valence-corrected chi connectivity index (χ0v) is 8.54. The van der Waals surface area contributed by atoms with Crippen LogP contribution in [0.3, 0.4) is 0 Å². The van der Waals surface area contributed by atoms with Gasteiger partial charge < -0.3 is 15.4 Å². The van der Waals surface area contributed by atoms with Gasteiger partial charge in [-0.1, -0.05) is 0 Å². The predicted octanol–water partition coefficient (Wildman–Crippen LogP) is 0.955. The molecule has 1 aliphatic rings. The molecule has 1 aliphatic heterocycles. The second kappa shape index (κ2) is 3.54. The van der Waals surface area contributed by atoms with Crippen molar-refractivity contribution in [1.82, 2.24) is 4.90 Å². The highest BCUT2D eigenvalue weighted by Crippen LogP contribution is 2.28. The number of nitrogens with zero attached hydrogens (tertiary/aromatic N) is 1. The van der Waals surface area contributed by atoms with E-state index in [-0.39, 0.29) is 17.7 Å². The number of carbonyl (C=O) groups excluding carboxylic acids is 1. The Hall–Kier alpha value is -0.770. The monoisotopic (exact) mass is 186 g/mol. The van der Waals surface area contributed by atoms with Crippen LogP contribution in [0.25, 0.3) is 0 Å². The Kier molecular flexibility index (Phi) is 2.81. The first-order chi connectivity index (χ1) is 5.99. The number of hydrogen-bond acceptors (Lipinski definition) is 2. The van der Waals surface area contributed by atoms with Crippen LogP contribution in [0, 0.1) is 0 Å². The Labute approximate surface area is 79.0 Å². The first kappa shape index (κ1) is 10.3. The molecule has 1 saturated heterocycles. The molecule has 0 saturated carbocycles. The van der Waals surface area contributed by atoms with E-state index in [0.717, 1.165) is 19.4 Å². The molecule has 1 unspecified atom stereocenters. The van der Waals surface area contributed by atoms with Gasteiger partial charge in [-0.05, 0) is 26.7 Å². The van der Waals surface area contributed by atoms with Crippen LogP contribution in [0.15, 0.2) is 0 Å². The minimum absolute atomic E-state index is 0.120. The molecule has 0 radical (unpaired) electrons. The van der Waals surface area contributed by atoms with E-state index in [2.05, 4.69) is 0 Å². The summed E-state index contributed by atoms with van der Waals surface area (Å²) in [5.41, 5.74) is 4.97. The van der Waals surface area contributed by atoms with Crippen LogP contribution in [0.2, 0.25) is 0 Å². The van der Waals surface area contributed by atoms with Gasteiger partial charge in [0.2, 0.25) is 0 Å². The molecule has 4 heteroatoms. The van der Waals surface area contributed by atoms with Crippen LogP contribution < -0.4 is 5.73 Å². The van der Waals surface area contributed by atoms with Crippen molar-refractivity contribution in [2.75, 3.05) is 13.7 Å². The standard InChI is InChI=1S/C9H18N2O2/c1-9(2,13-3)7-5-4-6-11(7)8(10)12/h7H,4-6H2,1-3H3,(H2,10,12). The van der Waals surface area contributed by atoms with E-state index in [1.165, 1.54) is 0 Å². The molecule has 0 bridgehead atoms. The minimum atomic E-state index is -0.340. The van der Waals surface area contributed by atoms with Gasteiger partial charge in [-0.3, -0.25) is 0 Å². The van der Waals surface area contributed by atoms with Crippen LogP contribution in [0.1, 0.15) is 26.7 Å². The molecular formula is C9H18N2O2. The van der Waals surface area contributed by atoms with Crippen molar-refractivity contribution in [2.45, 2.75) is 38.3 Å². The summed E-state index contributed by atoms with van der Waals surface area (Å²) in [5, 5.41) is 0. The van der Waals surface area contributed by atoms with Crippen molar-refractivity contribution in [1.29, 1.82) is 0 Å². The lowest BCUT2D eigenvalue weighted by Crippen LogP contribution is -2.50. The number of urea groups is 1. The highest BCUT2D eigenvalue weighted by Gasteiger charge is 2.39. The zero-order valence-electron chi connectivity index (χ0n) is 8.54. The molecule has 0 aromatic rings. The topological polar surface area (TPSA) is 55.6 Å². The molecule has 4 nitrogen and oxygen atoms in total. The number of hydrogen-bond donors (Lipinski definition) is 1. The maximum Gasteiger partial charge on any atom is 0.315 e. The average molecular weight is 186 g/mol. The highest BCUT2D eigenvalue weighted by atomic mass is 16.5. The van der Waals surface area contributed by atoms with Gasteiger partial charge in [-0.2, -0.15) is 0 Å². The van der Waals surface area contributed by atoms with E-state index in [0.29, 0.717) is 0 Å². The largest absolute Gasteiger partial charge is 0.377 e. The summed E-state index contributed by atoms with van der Waals surface area (Å²) in [6, 6.07) is -0.220. The van der Waals surface area contributed by atoms with Crippen molar-refractivity contribution in [3.63, 3.8) is 0 Å². The first-order valence-corrected chi connectivity index (χ1v) is 4.60. The van der Waals surface area contributed by atoms with Crippen LogP contribution >= 0.6 is 0 Å². The zero-order chi connectivity index (χ0) is 10.1. The van der Waals surface area contributed by atoms with Gasteiger partial charge >= 0.3 is 6.03 Å². The molecule has 1 rings (SSSR count). The Bertz CT molecular complexity index is 204. The number of ether oxygens (including phenoxy) is 1. The van der Waals surface area contributed by atoms with Crippen LogP contribution in [0.5, 0.6) is 0 Å². The van der Waals surface area contributed by atoms with E-state index in [4.69, 9.17) is 10.5 Å². The molecule has 1 heterocycles. The molecule has 0 spiro atoms. The van der Waals surface area contributed by atoms with Crippen molar-refractivity contribution in [2.24, 2.45) is 5.73 Å². The lowest BCUT2D eigenvalue weighted by atomic mass is 9.96. The third kappa shape index (κ3) is 1.94. The second-order valence-corrected chi connectivity index (χ2v) is 4.00. The molecule has 0 aliphatic carbocycles. The number of rotatable bonds is 2. The fraction of sp³-hybridized carbons (Fsp3) is 0.889. The van der Waals surface area contributed by atoms with Gasteiger partial charge in [0, 0.05) is 13.7 Å². The van der Waals surface area contributed by atoms with Crippen LogP contribution in [-0.2, 0) is 4.74 Å². The molecule has 1 fully saturated rings. The Balaban J connectivity index is 2.73. The van der Waals surface area contributed by atoms with Crippen molar-refractivity contribution < 1.29 is 9.53 Å². The number of likely N-dealkylation sites (tertiary alicyclic amines) is 1. The molecule has 0 aromatic carbocycles. The van der Waals surface area contributed by atoms with E-state index >= 15 is 0 Å². The molecule has 13 heavy (non-hydrogen) atoms. The summed E-state index contributed by atoms with van der Waals surface area (Å²) in [6.45, 7) is 4.73. The van der Waals surface area contributed by atoms with E-state index in [1.807, 2.05) is 13.8 Å². The maximum atomic E-state index is 11.1. The lowest BCUT2D eigenvalue weighted by Gasteiger charge is -2.35. The molecule has 0 aromatic heterocycles. The Morgan fingerprint density at radius 2 is 2.23 bits per heavy atom. The highest BCUT2D eigenvalue weighted by molar-refractivity contribution is 5.72. The van der Waals surface area contributed by atoms with Gasteiger partial charge in [0.05, 0.1) is 11.6 Å². The second-order valence-electron chi connectivity index (χ2n) is 4.00. The quantitative estimate of drug-likeness (QED) is 0.698. The van der Waals surface area contributed by atoms with Gasteiger partial charge in [0.15, 0.2) is 0 Å². The fourth-order valence-electron chi connectivity index (χ4n) is 1.89. The summed E-state index contributed by atoms with van der Waals surface area (Å²) in [4.78, 5) is 12.8. The third-order valence-corrected chi connectivity index (χ3v) is 2.86. The van der Waals surface area contributed by atoms with Gasteiger partial charge in [-0.15, -0.1) is 0 Å². The van der Waals surface area contributed by atoms with Crippen LogP contribution in [0.4, 0.5) is 4.79 Å². The number of amides is 2. The first-order valence-electron chi connectivity index (χ1n) is 4.60. The fourth-order valence-corrected chi connectivity index (χ4v) is 1.89. The summed E-state index contributed by atoms with van der Waals surface area (Å²) in [5.74, 6) is 0. The number of methoxy groups -OCH3 is 1. The Morgan fingerprint density at radius 1 is 1.62 bits per heavy atom. The van der Waals surface area contributed by atoms with Crippen molar-refractivity contribution in [3.05, 3.63) is 0 Å². The molecular weight excluding hydrogens is 168 g/mol. The van der Waals surface area contributed by atoms with Crippen LogP contribution in [-0.4, -0.2) is 36.2 Å². The predicted molar refractivity (Wildman–Crippen MR) is 50.4 cm³/mol. The molecule has 2 N–H and O–H groups in total. The summed E-state index contributed by atoms with van der Waals surface area (Å²) >= 11 is 0. The Morgan fingerprint density at radius 3 is 2.69 bits per heavy atom. The summed E-state index contributed by atoms with van der Waals surface area (Å²) in [6.07, 6.45) is 1.99. The SMILES string of the molecule is COC(C)(C)C1CCCN1C(N)=O. The maximum absolute atomic E-state index is 11.1. The molecule has 2 amide bonds. The average Bonchev–Trinajstić information content (AvgIpc) is 2.52.